The van der Waals surface area contributed by atoms with Crippen LogP contribution < -0.4 is 0 Å². The van der Waals surface area contributed by atoms with Crippen molar-refractivity contribution in [1.29, 1.82) is 0 Å². The molecule has 1 atom stereocenters. The molecule has 0 aromatic carbocycles. The highest BCUT2D eigenvalue weighted by molar-refractivity contribution is 5.81. The monoisotopic (exact) mass is 300 g/mol. The normalized spacial score (nSPS) is 23.7. The summed E-state index contributed by atoms with van der Waals surface area (Å²) in [4.78, 5) is 27.7. The maximum absolute atomic E-state index is 12.4. The van der Waals surface area contributed by atoms with Crippen molar-refractivity contribution in [3.8, 4) is 0 Å². The maximum Gasteiger partial charge on any atom is 0.410 e. The van der Waals surface area contributed by atoms with E-state index in [0.29, 0.717) is 26.2 Å². The molecule has 6 heteroatoms. The van der Waals surface area contributed by atoms with E-state index >= 15 is 0 Å². The van der Waals surface area contributed by atoms with Gasteiger partial charge in [-0.2, -0.15) is 0 Å². The quantitative estimate of drug-likeness (QED) is 0.784. The van der Waals surface area contributed by atoms with Crippen LogP contribution in [-0.4, -0.2) is 60.3 Å². The van der Waals surface area contributed by atoms with E-state index < -0.39 is 5.60 Å². The Balaban J connectivity index is 1.86. The molecule has 2 fully saturated rings. The fourth-order valence-corrected chi connectivity index (χ4v) is 2.78. The molecule has 5 nitrogen and oxygen atoms in total. The van der Waals surface area contributed by atoms with Gasteiger partial charge < -0.3 is 14.5 Å². The van der Waals surface area contributed by atoms with E-state index in [2.05, 4.69) is 0 Å². The Morgan fingerprint density at radius 3 is 2.43 bits per heavy atom. The summed E-state index contributed by atoms with van der Waals surface area (Å²) >= 11 is 0. The minimum absolute atomic E-state index is 0.000463. The van der Waals surface area contributed by atoms with Crippen molar-refractivity contribution in [1.82, 2.24) is 9.80 Å². The number of amides is 2. The van der Waals surface area contributed by atoms with Crippen molar-refractivity contribution in [2.24, 2.45) is 11.8 Å². The summed E-state index contributed by atoms with van der Waals surface area (Å²) < 4.78 is 17.8. The molecule has 2 aliphatic heterocycles. The third-order valence-corrected chi connectivity index (χ3v) is 3.91. The van der Waals surface area contributed by atoms with Gasteiger partial charge in [0.2, 0.25) is 5.91 Å². The number of carbonyl (C=O) groups excluding carboxylic acids is 2. The molecule has 0 aromatic rings. The van der Waals surface area contributed by atoms with E-state index in [4.69, 9.17) is 4.74 Å². The van der Waals surface area contributed by atoms with Crippen molar-refractivity contribution in [3.63, 3.8) is 0 Å². The van der Waals surface area contributed by atoms with Crippen LogP contribution in [0.1, 0.15) is 33.6 Å². The second-order valence-electron chi connectivity index (χ2n) is 7.03. The lowest BCUT2D eigenvalue weighted by Gasteiger charge is -2.42. The molecule has 120 valence electrons. The molecule has 0 aromatic heterocycles. The molecule has 2 amide bonds. The molecular weight excluding hydrogens is 275 g/mol. The van der Waals surface area contributed by atoms with Crippen LogP contribution in [0.2, 0.25) is 0 Å². The second-order valence-corrected chi connectivity index (χ2v) is 7.03. The number of nitrogens with zero attached hydrogens (tertiary/aromatic N) is 2. The van der Waals surface area contributed by atoms with Crippen LogP contribution in [0.4, 0.5) is 9.18 Å². The number of halogens is 1. The van der Waals surface area contributed by atoms with Crippen LogP contribution in [0.3, 0.4) is 0 Å². The zero-order valence-electron chi connectivity index (χ0n) is 13.1. The molecule has 0 aliphatic carbocycles. The Labute approximate surface area is 125 Å². The molecule has 1 unspecified atom stereocenters. The summed E-state index contributed by atoms with van der Waals surface area (Å²) in [5, 5.41) is 0. The SMILES string of the molecule is CC(C)(C)OC(=O)N1CCCC(C(=O)N2CC(CF)C2)C1. The lowest BCUT2D eigenvalue weighted by atomic mass is 9.93. The third-order valence-electron chi connectivity index (χ3n) is 3.91. The molecule has 0 saturated carbocycles. The Kier molecular flexibility index (Phi) is 4.74. The number of alkyl halides is 1. The van der Waals surface area contributed by atoms with Gasteiger partial charge in [-0.05, 0) is 33.6 Å². The van der Waals surface area contributed by atoms with Crippen LogP contribution in [-0.2, 0) is 9.53 Å². The molecule has 2 rings (SSSR count). The Morgan fingerprint density at radius 2 is 1.86 bits per heavy atom. The number of carbonyl (C=O) groups is 2. The molecule has 0 spiro atoms. The van der Waals surface area contributed by atoms with E-state index in [-0.39, 0.29) is 30.5 Å². The second kappa shape index (κ2) is 6.20. The largest absolute Gasteiger partial charge is 0.444 e. The lowest BCUT2D eigenvalue weighted by molar-refractivity contribution is -0.144. The average Bonchev–Trinajstić information content (AvgIpc) is 2.35. The first-order chi connectivity index (χ1) is 9.80. The van der Waals surface area contributed by atoms with Gasteiger partial charge in [-0.1, -0.05) is 0 Å². The van der Waals surface area contributed by atoms with E-state index in [1.54, 1.807) is 9.80 Å². The number of hydrogen-bond donors (Lipinski definition) is 0. The van der Waals surface area contributed by atoms with Gasteiger partial charge in [0.1, 0.15) is 5.60 Å². The molecular formula is C15H25FN2O3. The Bertz CT molecular complexity index is 402. The highest BCUT2D eigenvalue weighted by Gasteiger charge is 2.37. The first kappa shape index (κ1) is 16.0. The van der Waals surface area contributed by atoms with Crippen molar-refractivity contribution < 1.29 is 18.7 Å². The Morgan fingerprint density at radius 1 is 1.19 bits per heavy atom. The summed E-state index contributed by atoms with van der Waals surface area (Å²) in [6.07, 6.45) is 1.23. The molecule has 2 aliphatic rings. The molecule has 2 saturated heterocycles. The van der Waals surface area contributed by atoms with Gasteiger partial charge in [-0.3, -0.25) is 9.18 Å². The molecule has 2 heterocycles. The predicted molar refractivity (Wildman–Crippen MR) is 76.6 cm³/mol. The summed E-state index contributed by atoms with van der Waals surface area (Å²) in [5.41, 5.74) is -0.528. The summed E-state index contributed by atoms with van der Waals surface area (Å²) in [6.45, 7) is 7.18. The number of rotatable bonds is 2. The number of likely N-dealkylation sites (tertiary alicyclic amines) is 2. The van der Waals surface area contributed by atoms with Gasteiger partial charge in [0.05, 0.1) is 12.6 Å². The molecule has 0 N–H and O–H groups in total. The lowest BCUT2D eigenvalue weighted by Crippen LogP contribution is -2.55. The summed E-state index contributed by atoms with van der Waals surface area (Å²) in [5.74, 6) is -0.126. The minimum Gasteiger partial charge on any atom is -0.444 e. The van der Waals surface area contributed by atoms with Gasteiger partial charge in [0.15, 0.2) is 0 Å². The standard InChI is InChI=1S/C15H25FN2O3/c1-15(2,3)21-14(20)17-6-4-5-12(10-17)13(19)18-8-11(7-16)9-18/h11-12H,4-10H2,1-3H3. The van der Waals surface area contributed by atoms with E-state index in [1.807, 2.05) is 20.8 Å². The highest BCUT2D eigenvalue weighted by atomic mass is 19.1. The van der Waals surface area contributed by atoms with E-state index in [0.717, 1.165) is 12.8 Å². The fourth-order valence-electron chi connectivity index (χ4n) is 2.78. The van der Waals surface area contributed by atoms with Crippen LogP contribution >= 0.6 is 0 Å². The van der Waals surface area contributed by atoms with Gasteiger partial charge in [0, 0.05) is 32.1 Å². The zero-order valence-corrected chi connectivity index (χ0v) is 13.1. The van der Waals surface area contributed by atoms with E-state index in [9.17, 15) is 14.0 Å². The fraction of sp³-hybridized carbons (Fsp3) is 0.867. The number of ether oxygens (including phenoxy) is 1. The van der Waals surface area contributed by atoms with Crippen LogP contribution in [0.15, 0.2) is 0 Å². The van der Waals surface area contributed by atoms with Crippen molar-refractivity contribution in [2.45, 2.75) is 39.2 Å². The first-order valence-electron chi connectivity index (χ1n) is 7.63. The number of piperidine rings is 1. The molecule has 21 heavy (non-hydrogen) atoms. The predicted octanol–water partition coefficient (Wildman–Crippen LogP) is 2.06. The van der Waals surface area contributed by atoms with Gasteiger partial charge in [-0.25, -0.2) is 4.79 Å². The van der Waals surface area contributed by atoms with Crippen LogP contribution in [0, 0.1) is 11.8 Å². The van der Waals surface area contributed by atoms with Crippen LogP contribution in [0.25, 0.3) is 0 Å². The van der Waals surface area contributed by atoms with Gasteiger partial charge in [-0.15, -0.1) is 0 Å². The topological polar surface area (TPSA) is 49.9 Å². The van der Waals surface area contributed by atoms with Crippen molar-refractivity contribution in [2.75, 3.05) is 32.9 Å². The zero-order chi connectivity index (χ0) is 15.6. The third kappa shape index (κ3) is 4.08. The highest BCUT2D eigenvalue weighted by Crippen LogP contribution is 2.25. The van der Waals surface area contributed by atoms with Crippen LogP contribution in [0.5, 0.6) is 0 Å². The molecule has 0 radical (unpaired) electrons. The Hall–Kier alpha value is -1.33. The number of hydrogen-bond acceptors (Lipinski definition) is 3. The minimum atomic E-state index is -0.528. The summed E-state index contributed by atoms with van der Waals surface area (Å²) in [6, 6.07) is 0. The average molecular weight is 300 g/mol. The smallest absolute Gasteiger partial charge is 0.410 e. The maximum atomic E-state index is 12.4. The first-order valence-corrected chi connectivity index (χ1v) is 7.63. The van der Waals surface area contributed by atoms with Crippen molar-refractivity contribution >= 4 is 12.0 Å². The van der Waals surface area contributed by atoms with Gasteiger partial charge in [0.25, 0.3) is 0 Å². The van der Waals surface area contributed by atoms with Crippen molar-refractivity contribution in [3.05, 3.63) is 0 Å². The summed E-state index contributed by atoms with van der Waals surface area (Å²) in [7, 11) is 0. The molecule has 0 bridgehead atoms. The van der Waals surface area contributed by atoms with Gasteiger partial charge >= 0.3 is 6.09 Å². The van der Waals surface area contributed by atoms with E-state index in [1.165, 1.54) is 0 Å².